The first-order valence-electron chi connectivity index (χ1n) is 7.92. The summed E-state index contributed by atoms with van der Waals surface area (Å²) in [6.45, 7) is 18.8. The summed E-state index contributed by atoms with van der Waals surface area (Å²) in [6, 6.07) is 0. The van der Waals surface area contributed by atoms with Crippen LogP contribution in [0.4, 0.5) is 4.79 Å². The van der Waals surface area contributed by atoms with Crippen LogP contribution < -0.4 is 0 Å². The first-order valence-corrected chi connectivity index (χ1v) is 10.8. The Morgan fingerprint density at radius 1 is 1.00 bits per heavy atom. The van der Waals surface area contributed by atoms with Gasteiger partial charge in [-0.15, -0.1) is 0 Å². The van der Waals surface area contributed by atoms with Crippen molar-refractivity contribution in [2.24, 2.45) is 0 Å². The number of hydrogen-bond acceptors (Lipinski definition) is 4. The van der Waals surface area contributed by atoms with Gasteiger partial charge in [-0.3, -0.25) is 0 Å². The van der Waals surface area contributed by atoms with Gasteiger partial charge in [-0.25, -0.2) is 4.79 Å². The molecule has 0 aliphatic carbocycles. The van der Waals surface area contributed by atoms with Crippen LogP contribution in [0.25, 0.3) is 0 Å². The van der Waals surface area contributed by atoms with E-state index in [1.807, 2.05) is 20.8 Å². The third-order valence-electron chi connectivity index (χ3n) is 3.77. The topological polar surface area (TPSA) is 48.0 Å². The van der Waals surface area contributed by atoms with E-state index in [4.69, 9.17) is 13.9 Å². The van der Waals surface area contributed by atoms with Gasteiger partial charge in [0.1, 0.15) is 5.60 Å². The fraction of sp³-hybridized carbons (Fsp3) is 0.938. The minimum atomic E-state index is -1.70. The highest BCUT2D eigenvalue weighted by atomic mass is 28.4. The van der Waals surface area contributed by atoms with Crippen molar-refractivity contribution < 1.29 is 18.7 Å². The Balaban J connectivity index is 3.85. The van der Waals surface area contributed by atoms with Crippen molar-refractivity contribution in [1.29, 1.82) is 0 Å². The fourth-order valence-electron chi connectivity index (χ4n) is 1.31. The smallest absolute Gasteiger partial charge is 0.410 e. The highest BCUT2D eigenvalue weighted by molar-refractivity contribution is 6.74. The van der Waals surface area contributed by atoms with E-state index in [1.54, 1.807) is 7.05 Å². The third-order valence-corrected chi connectivity index (χ3v) is 8.31. The maximum atomic E-state index is 11.7. The summed E-state index contributed by atoms with van der Waals surface area (Å²) in [5, 5.41) is 0.212. The molecule has 0 radical (unpaired) electrons. The zero-order valence-electron chi connectivity index (χ0n) is 15.9. The Bertz CT molecular complexity index is 345. The molecule has 0 aliphatic rings. The van der Waals surface area contributed by atoms with Crippen molar-refractivity contribution in [2.45, 2.75) is 65.3 Å². The van der Waals surface area contributed by atoms with Gasteiger partial charge < -0.3 is 18.8 Å². The van der Waals surface area contributed by atoms with Crippen molar-refractivity contribution in [2.75, 3.05) is 33.4 Å². The van der Waals surface area contributed by atoms with Gasteiger partial charge in [-0.05, 0) is 38.9 Å². The highest BCUT2D eigenvalue weighted by Crippen LogP contribution is 2.36. The Morgan fingerprint density at radius 3 is 2.00 bits per heavy atom. The maximum absolute atomic E-state index is 11.7. The lowest BCUT2D eigenvalue weighted by molar-refractivity contribution is 0.0213. The molecule has 5 nitrogen and oxygen atoms in total. The van der Waals surface area contributed by atoms with Crippen molar-refractivity contribution in [3.05, 3.63) is 0 Å². The predicted molar refractivity (Wildman–Crippen MR) is 92.8 cm³/mol. The maximum Gasteiger partial charge on any atom is 0.410 e. The Hall–Kier alpha value is -0.593. The molecular weight excluding hydrogens is 298 g/mol. The monoisotopic (exact) mass is 333 g/mol. The molecule has 0 aromatic carbocycles. The van der Waals surface area contributed by atoms with Gasteiger partial charge in [-0.2, -0.15) is 0 Å². The van der Waals surface area contributed by atoms with Crippen LogP contribution in [0.15, 0.2) is 0 Å². The van der Waals surface area contributed by atoms with E-state index in [0.29, 0.717) is 26.4 Å². The molecule has 0 fully saturated rings. The van der Waals surface area contributed by atoms with Crippen molar-refractivity contribution in [1.82, 2.24) is 4.90 Å². The van der Waals surface area contributed by atoms with Crippen molar-refractivity contribution in [3.63, 3.8) is 0 Å². The largest absolute Gasteiger partial charge is 0.444 e. The molecule has 0 spiro atoms. The molecule has 22 heavy (non-hydrogen) atoms. The van der Waals surface area contributed by atoms with Crippen LogP contribution in [0.3, 0.4) is 0 Å². The van der Waals surface area contributed by atoms with E-state index < -0.39 is 13.9 Å². The number of ether oxygens (including phenoxy) is 2. The fourth-order valence-corrected chi connectivity index (χ4v) is 2.33. The van der Waals surface area contributed by atoms with Gasteiger partial charge in [0.05, 0.1) is 19.8 Å². The second-order valence-electron chi connectivity index (χ2n) is 8.12. The summed E-state index contributed by atoms with van der Waals surface area (Å²) in [6.07, 6.45) is -0.325. The molecule has 0 aliphatic heterocycles. The standard InChI is InChI=1S/C16H35NO4Si/c1-15(2,3)21-14(18)17(7)10-11-19-12-13-20-22(8,9)16(4,5)6/h10-13H2,1-9H3. The lowest BCUT2D eigenvalue weighted by atomic mass is 10.2. The van der Waals surface area contributed by atoms with Gasteiger partial charge in [0.15, 0.2) is 8.32 Å². The molecule has 0 atom stereocenters. The molecule has 0 saturated carbocycles. The second-order valence-corrected chi connectivity index (χ2v) is 12.9. The molecule has 1 amide bonds. The number of amides is 1. The molecule has 0 saturated heterocycles. The van der Waals surface area contributed by atoms with Gasteiger partial charge >= 0.3 is 6.09 Å². The van der Waals surface area contributed by atoms with E-state index >= 15 is 0 Å². The average molecular weight is 334 g/mol. The Morgan fingerprint density at radius 2 is 1.55 bits per heavy atom. The van der Waals surface area contributed by atoms with Crippen LogP contribution in [0, 0.1) is 0 Å². The first-order chi connectivity index (χ1) is 9.76. The molecule has 0 aromatic rings. The number of rotatable bonds is 7. The molecule has 0 unspecified atom stereocenters. The van der Waals surface area contributed by atoms with Gasteiger partial charge in [0.2, 0.25) is 0 Å². The number of likely N-dealkylation sites (N-methyl/N-ethyl adjacent to an activating group) is 1. The predicted octanol–water partition coefficient (Wildman–Crippen LogP) is 3.89. The van der Waals surface area contributed by atoms with Gasteiger partial charge in [0.25, 0.3) is 0 Å². The van der Waals surface area contributed by atoms with E-state index in [0.717, 1.165) is 0 Å². The van der Waals surface area contributed by atoms with Crippen LogP contribution in [-0.4, -0.2) is 58.3 Å². The Kier molecular flexibility index (Phi) is 8.09. The number of nitrogens with zero attached hydrogens (tertiary/aromatic N) is 1. The van der Waals surface area contributed by atoms with Gasteiger partial charge in [0, 0.05) is 13.6 Å². The summed E-state index contributed by atoms with van der Waals surface area (Å²) in [7, 11) is 0.0158. The molecule has 0 rings (SSSR count). The quantitative estimate of drug-likeness (QED) is 0.524. The third kappa shape index (κ3) is 8.75. The van der Waals surface area contributed by atoms with Crippen molar-refractivity contribution >= 4 is 14.4 Å². The highest BCUT2D eigenvalue weighted by Gasteiger charge is 2.36. The van der Waals surface area contributed by atoms with Crippen LogP contribution in [0.2, 0.25) is 18.1 Å². The average Bonchev–Trinajstić information content (AvgIpc) is 2.29. The summed E-state index contributed by atoms with van der Waals surface area (Å²) in [5.41, 5.74) is -0.469. The van der Waals surface area contributed by atoms with E-state index in [-0.39, 0.29) is 11.1 Å². The normalized spacial score (nSPS) is 13.1. The lowest BCUT2D eigenvalue weighted by Gasteiger charge is -2.36. The molecule has 0 heterocycles. The van der Waals surface area contributed by atoms with Crippen LogP contribution in [-0.2, 0) is 13.9 Å². The molecule has 0 bridgehead atoms. The molecule has 132 valence electrons. The Labute approximate surface area is 137 Å². The number of carbonyl (C=O) groups excluding carboxylic acids is 1. The summed E-state index contributed by atoms with van der Waals surface area (Å²) in [5.74, 6) is 0. The molecule has 0 aromatic heterocycles. The molecule has 0 N–H and O–H groups in total. The van der Waals surface area contributed by atoms with E-state index in [9.17, 15) is 4.79 Å². The SMILES string of the molecule is CN(CCOCCO[Si](C)(C)C(C)(C)C)C(=O)OC(C)(C)C. The number of carbonyl (C=O) groups is 1. The zero-order valence-corrected chi connectivity index (χ0v) is 16.9. The van der Waals surface area contributed by atoms with E-state index in [2.05, 4.69) is 33.9 Å². The second kappa shape index (κ2) is 8.31. The summed E-state index contributed by atoms with van der Waals surface area (Å²) >= 11 is 0. The van der Waals surface area contributed by atoms with Crippen LogP contribution in [0.5, 0.6) is 0 Å². The summed E-state index contributed by atoms with van der Waals surface area (Å²) in [4.78, 5) is 13.3. The summed E-state index contributed by atoms with van der Waals surface area (Å²) < 4.78 is 16.8. The van der Waals surface area contributed by atoms with Crippen LogP contribution in [0.1, 0.15) is 41.5 Å². The first kappa shape index (κ1) is 21.4. The van der Waals surface area contributed by atoms with Gasteiger partial charge in [-0.1, -0.05) is 20.8 Å². The minimum absolute atomic E-state index is 0.212. The molecule has 6 heteroatoms. The van der Waals surface area contributed by atoms with E-state index in [1.165, 1.54) is 4.90 Å². The number of hydrogen-bond donors (Lipinski definition) is 0. The van der Waals surface area contributed by atoms with Crippen molar-refractivity contribution in [3.8, 4) is 0 Å². The zero-order chi connectivity index (χ0) is 17.6. The lowest BCUT2D eigenvalue weighted by Crippen LogP contribution is -2.41. The molecular formula is C16H35NO4Si. The minimum Gasteiger partial charge on any atom is -0.444 e. The van der Waals surface area contributed by atoms with Crippen LogP contribution >= 0.6 is 0 Å².